The number of amides is 1. The van der Waals surface area contributed by atoms with Crippen LogP contribution in [0.2, 0.25) is 10.0 Å². The zero-order valence-corrected chi connectivity index (χ0v) is 28.4. The summed E-state index contributed by atoms with van der Waals surface area (Å²) in [6.07, 6.45) is 3.52. The normalized spacial score (nSPS) is 17.4. The predicted octanol–water partition coefficient (Wildman–Crippen LogP) is 6.07. The number of aromatic nitrogens is 1. The number of halogens is 4. The van der Waals surface area contributed by atoms with Crippen molar-refractivity contribution in [2.75, 3.05) is 32.3 Å². The maximum Gasteiger partial charge on any atom is 0.387 e. The van der Waals surface area contributed by atoms with E-state index in [0.29, 0.717) is 23.7 Å². The minimum Gasteiger partial charge on any atom is -0.489 e. The Morgan fingerprint density at radius 1 is 1.09 bits per heavy atom. The van der Waals surface area contributed by atoms with Crippen LogP contribution in [-0.2, 0) is 26.0 Å². The van der Waals surface area contributed by atoms with E-state index in [1.807, 2.05) is 0 Å². The number of ether oxygens (including phenoxy) is 3. The molecule has 0 N–H and O–H groups in total. The quantitative estimate of drug-likeness (QED) is 0.193. The lowest BCUT2D eigenvalue weighted by Gasteiger charge is -2.26. The molecule has 2 aliphatic rings. The molecule has 2 atom stereocenters. The zero-order valence-electron chi connectivity index (χ0n) is 25.3. The highest BCUT2D eigenvalue weighted by molar-refractivity contribution is 8.00. The number of thioether (sulfide) groups is 1. The molecule has 0 spiro atoms. The van der Waals surface area contributed by atoms with E-state index in [1.54, 1.807) is 14.1 Å². The molecule has 0 radical (unpaired) electrons. The average Bonchev–Trinajstić information content (AvgIpc) is 3.72. The van der Waals surface area contributed by atoms with Gasteiger partial charge in [-0.3, -0.25) is 14.6 Å². The van der Waals surface area contributed by atoms with Crippen LogP contribution in [0.25, 0.3) is 0 Å². The van der Waals surface area contributed by atoms with Crippen molar-refractivity contribution >= 4 is 56.9 Å². The molecule has 0 unspecified atom stereocenters. The topological polar surface area (TPSA) is 115 Å². The Bertz CT molecular complexity index is 1730. The zero-order chi connectivity index (χ0) is 33.9. The minimum atomic E-state index is -4.24. The average molecular weight is 731 g/mol. The second-order valence-electron chi connectivity index (χ2n) is 11.2. The Morgan fingerprint density at radius 3 is 2.47 bits per heavy atom. The molecule has 10 nitrogen and oxygen atoms in total. The van der Waals surface area contributed by atoms with Crippen molar-refractivity contribution in [3.05, 3.63) is 81.6 Å². The number of alkyl halides is 2. The molecule has 2 aromatic carbocycles. The van der Waals surface area contributed by atoms with Crippen LogP contribution in [0.5, 0.6) is 11.5 Å². The van der Waals surface area contributed by atoms with Gasteiger partial charge in [0.2, 0.25) is 10.0 Å². The third-order valence-corrected chi connectivity index (χ3v) is 11.2. The lowest BCUT2D eigenvalue weighted by Crippen LogP contribution is -2.43. The molecular formula is C31H31Cl2F2N3O7S2. The van der Waals surface area contributed by atoms with Crippen molar-refractivity contribution in [1.29, 1.82) is 0 Å². The number of benzene rings is 2. The molecule has 1 aromatic heterocycles. The van der Waals surface area contributed by atoms with Crippen LogP contribution in [0.1, 0.15) is 40.4 Å². The van der Waals surface area contributed by atoms with Gasteiger partial charge in [0.15, 0.2) is 11.5 Å². The molecule has 2 fully saturated rings. The van der Waals surface area contributed by atoms with E-state index in [0.717, 1.165) is 17.1 Å². The first-order chi connectivity index (χ1) is 22.3. The Hall–Kier alpha value is -3.17. The van der Waals surface area contributed by atoms with Crippen molar-refractivity contribution in [3.63, 3.8) is 0 Å². The maximum atomic E-state index is 13.8. The van der Waals surface area contributed by atoms with Gasteiger partial charge in [-0.05, 0) is 60.2 Å². The van der Waals surface area contributed by atoms with E-state index >= 15 is 0 Å². The Morgan fingerprint density at radius 2 is 1.81 bits per heavy atom. The summed E-state index contributed by atoms with van der Waals surface area (Å²) < 4.78 is 71.5. The highest BCUT2D eigenvalue weighted by Crippen LogP contribution is 2.39. The maximum absolute atomic E-state index is 13.8. The van der Waals surface area contributed by atoms with Gasteiger partial charge in [-0.25, -0.2) is 8.42 Å². The SMILES string of the molecule is CN(C)C(=O)c1cccc(S(=O)(=O)N2CSC[C@@H]2C(=O)O[C@@H](Cc2c(Cl)cncc2Cl)c2ccc(OC(F)F)c(OCC3CC3)c2)c1. The highest BCUT2D eigenvalue weighted by Gasteiger charge is 2.42. The van der Waals surface area contributed by atoms with Crippen LogP contribution in [0, 0.1) is 5.92 Å². The van der Waals surface area contributed by atoms with Gasteiger partial charge < -0.3 is 19.1 Å². The van der Waals surface area contributed by atoms with Gasteiger partial charge in [0, 0.05) is 44.2 Å². The number of carbonyl (C=O) groups excluding carboxylic acids is 2. The summed E-state index contributed by atoms with van der Waals surface area (Å²) in [7, 11) is -1.13. The molecule has 1 amide bonds. The van der Waals surface area contributed by atoms with E-state index in [4.69, 9.17) is 32.7 Å². The van der Waals surface area contributed by atoms with Crippen LogP contribution in [0.3, 0.4) is 0 Å². The number of hydrogen-bond donors (Lipinski definition) is 0. The fourth-order valence-electron chi connectivity index (χ4n) is 4.82. The van der Waals surface area contributed by atoms with Crippen LogP contribution in [0.15, 0.2) is 59.8 Å². The fourth-order valence-corrected chi connectivity index (χ4v) is 8.51. The second-order valence-corrected chi connectivity index (χ2v) is 14.9. The van der Waals surface area contributed by atoms with Gasteiger partial charge in [-0.15, -0.1) is 11.8 Å². The predicted molar refractivity (Wildman–Crippen MR) is 173 cm³/mol. The van der Waals surface area contributed by atoms with Gasteiger partial charge in [-0.2, -0.15) is 13.1 Å². The molecule has 5 rings (SSSR count). The van der Waals surface area contributed by atoms with Crippen molar-refractivity contribution in [1.82, 2.24) is 14.2 Å². The summed E-state index contributed by atoms with van der Waals surface area (Å²) in [6.45, 7) is -2.80. The second kappa shape index (κ2) is 14.9. The van der Waals surface area contributed by atoms with E-state index in [-0.39, 0.29) is 56.0 Å². The molecule has 2 heterocycles. The number of hydrogen-bond acceptors (Lipinski definition) is 9. The number of sulfonamides is 1. The first-order valence-corrected chi connectivity index (χ1v) is 17.8. The van der Waals surface area contributed by atoms with Crippen molar-refractivity contribution in [2.24, 2.45) is 5.92 Å². The van der Waals surface area contributed by atoms with Gasteiger partial charge in [-0.1, -0.05) is 35.3 Å². The number of nitrogens with zero attached hydrogens (tertiary/aromatic N) is 3. The van der Waals surface area contributed by atoms with Crippen LogP contribution < -0.4 is 9.47 Å². The summed E-state index contributed by atoms with van der Waals surface area (Å²) in [6, 6.07) is 8.58. The van der Waals surface area contributed by atoms with Gasteiger partial charge in [0.05, 0.1) is 27.4 Å². The molecule has 1 saturated heterocycles. The monoisotopic (exact) mass is 729 g/mol. The van der Waals surface area contributed by atoms with Crippen molar-refractivity contribution < 1.29 is 41.0 Å². The van der Waals surface area contributed by atoms with Crippen molar-refractivity contribution in [2.45, 2.75) is 42.9 Å². The van der Waals surface area contributed by atoms with E-state index in [2.05, 4.69) is 9.72 Å². The summed E-state index contributed by atoms with van der Waals surface area (Å²) in [5.41, 5.74) is 0.930. The molecule has 0 bridgehead atoms. The van der Waals surface area contributed by atoms with Crippen LogP contribution in [0.4, 0.5) is 8.78 Å². The highest BCUT2D eigenvalue weighted by atomic mass is 35.5. The first-order valence-electron chi connectivity index (χ1n) is 14.5. The first kappa shape index (κ1) is 35.1. The third-order valence-electron chi connectivity index (χ3n) is 7.54. The van der Waals surface area contributed by atoms with Crippen LogP contribution in [-0.4, -0.2) is 79.5 Å². The molecule has 1 aliphatic heterocycles. The number of esters is 1. The van der Waals surface area contributed by atoms with Crippen molar-refractivity contribution in [3.8, 4) is 11.5 Å². The summed E-state index contributed by atoms with van der Waals surface area (Å²) >= 11 is 14.0. The largest absolute Gasteiger partial charge is 0.489 e. The number of carbonyl (C=O) groups is 2. The minimum absolute atomic E-state index is 0.0283. The molecule has 252 valence electrons. The standard InChI is InChI=1S/C31H31Cl2F2N3O7S2/c1-37(2)29(39)20-4-3-5-21(10-20)47(41,42)38-17-46-16-25(38)30(40)44-27(12-22-23(32)13-36-14-24(22)33)19-8-9-26(45-31(34)35)28(11-19)43-15-18-6-7-18/h3-5,8-11,13-14,18,25,27,31H,6-7,12,15-17H2,1-2H3/t25-,27+/m1/s1. The molecular weight excluding hydrogens is 699 g/mol. The molecule has 1 aliphatic carbocycles. The van der Waals surface area contributed by atoms with E-state index in [1.165, 1.54) is 71.5 Å². The van der Waals surface area contributed by atoms with Gasteiger partial charge >= 0.3 is 12.6 Å². The molecule has 16 heteroatoms. The lowest BCUT2D eigenvalue weighted by molar-refractivity contribution is -0.152. The lowest BCUT2D eigenvalue weighted by atomic mass is 10.0. The Kier molecular flexibility index (Phi) is 11.2. The molecule has 47 heavy (non-hydrogen) atoms. The number of pyridine rings is 1. The summed E-state index contributed by atoms with van der Waals surface area (Å²) in [4.78, 5) is 31.5. The Labute approximate surface area is 285 Å². The number of rotatable bonds is 13. The smallest absolute Gasteiger partial charge is 0.387 e. The molecule has 1 saturated carbocycles. The van der Waals surface area contributed by atoms with Gasteiger partial charge in [0.1, 0.15) is 12.1 Å². The van der Waals surface area contributed by atoms with E-state index in [9.17, 15) is 26.8 Å². The summed E-state index contributed by atoms with van der Waals surface area (Å²) in [5.74, 6) is -0.997. The van der Waals surface area contributed by atoms with E-state index < -0.39 is 34.7 Å². The fraction of sp³-hybridized carbons (Fsp3) is 0.387. The molecule has 3 aromatic rings. The summed E-state index contributed by atoms with van der Waals surface area (Å²) in [5, 5.41) is 0.406. The van der Waals surface area contributed by atoms with Gasteiger partial charge in [0.25, 0.3) is 5.91 Å². The third kappa shape index (κ3) is 8.47. The van der Waals surface area contributed by atoms with Crippen LogP contribution >= 0.6 is 35.0 Å². The Balaban J connectivity index is 1.46.